The first kappa shape index (κ1) is 13.3. The van der Waals surface area contributed by atoms with Crippen molar-refractivity contribution in [1.29, 1.82) is 0 Å². The molecule has 1 aromatic heterocycles. The molecule has 0 spiro atoms. The standard InChI is InChI=1S/C11H15BrOS2/c1-8(2)5-14-7-10(13)4-11-3-9(12)6-15-11/h3,6,8H,4-5,7H2,1-2H3. The summed E-state index contributed by atoms with van der Waals surface area (Å²) in [5, 5.41) is 2.02. The second-order valence-corrected chi connectivity index (χ2v) is 6.80. The van der Waals surface area contributed by atoms with Gasteiger partial charge in [0.15, 0.2) is 0 Å². The molecule has 0 N–H and O–H groups in total. The first-order chi connectivity index (χ1) is 7.08. The summed E-state index contributed by atoms with van der Waals surface area (Å²) in [6, 6.07) is 2.02. The zero-order valence-corrected chi connectivity index (χ0v) is 12.2. The molecule has 0 bridgehead atoms. The average Bonchev–Trinajstić information content (AvgIpc) is 2.50. The van der Waals surface area contributed by atoms with Crippen LogP contribution in [0.3, 0.4) is 0 Å². The van der Waals surface area contributed by atoms with E-state index in [0.29, 0.717) is 23.9 Å². The number of ketones is 1. The molecule has 0 aliphatic heterocycles. The van der Waals surface area contributed by atoms with Crippen molar-refractivity contribution in [2.45, 2.75) is 20.3 Å². The zero-order valence-electron chi connectivity index (χ0n) is 8.96. The number of hydrogen-bond donors (Lipinski definition) is 0. The number of rotatable bonds is 6. The Morgan fingerprint density at radius 1 is 1.60 bits per heavy atom. The van der Waals surface area contributed by atoms with Crippen LogP contribution in [-0.2, 0) is 11.2 Å². The second kappa shape index (κ2) is 6.71. The van der Waals surface area contributed by atoms with E-state index in [1.165, 1.54) is 0 Å². The smallest absolute Gasteiger partial charge is 0.147 e. The van der Waals surface area contributed by atoms with E-state index >= 15 is 0 Å². The van der Waals surface area contributed by atoms with E-state index < -0.39 is 0 Å². The first-order valence-electron chi connectivity index (χ1n) is 4.90. The van der Waals surface area contributed by atoms with E-state index in [4.69, 9.17) is 0 Å². The first-order valence-corrected chi connectivity index (χ1v) is 7.73. The Hall–Kier alpha value is 0.200. The largest absolute Gasteiger partial charge is 0.298 e. The van der Waals surface area contributed by atoms with Crippen LogP contribution in [0.5, 0.6) is 0 Å². The fourth-order valence-electron chi connectivity index (χ4n) is 1.10. The van der Waals surface area contributed by atoms with Crippen LogP contribution in [0, 0.1) is 5.92 Å². The second-order valence-electron chi connectivity index (χ2n) is 3.86. The van der Waals surface area contributed by atoms with Gasteiger partial charge in [0.2, 0.25) is 0 Å². The quantitative estimate of drug-likeness (QED) is 0.790. The summed E-state index contributed by atoms with van der Waals surface area (Å²) in [5.74, 6) is 2.71. The van der Waals surface area contributed by atoms with E-state index in [-0.39, 0.29) is 0 Å². The summed E-state index contributed by atoms with van der Waals surface area (Å²) < 4.78 is 1.07. The van der Waals surface area contributed by atoms with Gasteiger partial charge in [-0.1, -0.05) is 13.8 Å². The van der Waals surface area contributed by atoms with E-state index in [2.05, 4.69) is 29.8 Å². The summed E-state index contributed by atoms with van der Waals surface area (Å²) in [6.45, 7) is 4.35. The number of carbonyl (C=O) groups is 1. The van der Waals surface area contributed by atoms with Crippen LogP contribution in [0.4, 0.5) is 0 Å². The van der Waals surface area contributed by atoms with Crippen molar-refractivity contribution in [2.75, 3.05) is 11.5 Å². The van der Waals surface area contributed by atoms with E-state index in [0.717, 1.165) is 15.1 Å². The lowest BCUT2D eigenvalue weighted by atomic mass is 10.3. The molecule has 84 valence electrons. The van der Waals surface area contributed by atoms with Crippen molar-refractivity contribution in [3.8, 4) is 0 Å². The number of Topliss-reactive ketones (excluding diaryl/α,β-unsaturated/α-hetero) is 1. The third-order valence-corrected chi connectivity index (χ3v) is 4.83. The van der Waals surface area contributed by atoms with Crippen LogP contribution in [0.15, 0.2) is 15.9 Å². The maximum absolute atomic E-state index is 11.6. The number of halogens is 1. The topological polar surface area (TPSA) is 17.1 Å². The van der Waals surface area contributed by atoms with Gasteiger partial charge in [-0.2, -0.15) is 11.8 Å². The highest BCUT2D eigenvalue weighted by Crippen LogP contribution is 2.20. The molecule has 0 amide bonds. The Morgan fingerprint density at radius 2 is 2.33 bits per heavy atom. The van der Waals surface area contributed by atoms with Crippen molar-refractivity contribution in [3.05, 3.63) is 20.8 Å². The van der Waals surface area contributed by atoms with E-state index in [9.17, 15) is 4.79 Å². The number of thiophene rings is 1. The van der Waals surface area contributed by atoms with Gasteiger partial charge in [-0.15, -0.1) is 11.3 Å². The molecule has 0 aromatic carbocycles. The average molecular weight is 307 g/mol. The lowest BCUT2D eigenvalue weighted by molar-refractivity contribution is -0.115. The normalized spacial score (nSPS) is 10.9. The Bertz CT molecular complexity index is 320. The van der Waals surface area contributed by atoms with Gasteiger partial charge in [0.25, 0.3) is 0 Å². The Balaban J connectivity index is 2.24. The minimum Gasteiger partial charge on any atom is -0.298 e. The zero-order chi connectivity index (χ0) is 11.3. The van der Waals surface area contributed by atoms with Crippen molar-refractivity contribution in [1.82, 2.24) is 0 Å². The molecule has 0 atom stereocenters. The summed E-state index contributed by atoms with van der Waals surface area (Å²) in [5.41, 5.74) is 0. The number of thioether (sulfide) groups is 1. The summed E-state index contributed by atoms with van der Waals surface area (Å²) >= 11 is 6.77. The fraction of sp³-hybridized carbons (Fsp3) is 0.545. The lowest BCUT2D eigenvalue weighted by Crippen LogP contribution is -2.06. The lowest BCUT2D eigenvalue weighted by Gasteiger charge is -2.02. The minimum absolute atomic E-state index is 0.329. The highest BCUT2D eigenvalue weighted by Gasteiger charge is 2.06. The molecule has 1 rings (SSSR count). The summed E-state index contributed by atoms with van der Waals surface area (Å²) in [4.78, 5) is 12.7. The van der Waals surface area contributed by atoms with Gasteiger partial charge in [-0.05, 0) is 33.7 Å². The third-order valence-electron chi connectivity index (χ3n) is 1.71. The SMILES string of the molecule is CC(C)CSCC(=O)Cc1cc(Br)cs1. The predicted octanol–water partition coefficient (Wildman–Crippen LogP) is 4.01. The molecule has 0 aliphatic rings. The minimum atomic E-state index is 0.329. The molecule has 4 heteroatoms. The van der Waals surface area contributed by atoms with Gasteiger partial charge in [0, 0.05) is 21.2 Å². The van der Waals surface area contributed by atoms with Gasteiger partial charge in [0.05, 0.1) is 5.75 Å². The predicted molar refractivity (Wildman–Crippen MR) is 72.9 cm³/mol. The summed E-state index contributed by atoms with van der Waals surface area (Å²) in [7, 11) is 0. The molecule has 0 radical (unpaired) electrons. The van der Waals surface area contributed by atoms with Gasteiger partial charge >= 0.3 is 0 Å². The monoisotopic (exact) mass is 306 g/mol. The van der Waals surface area contributed by atoms with E-state index in [1.807, 2.05) is 11.4 Å². The summed E-state index contributed by atoms with van der Waals surface area (Å²) in [6.07, 6.45) is 0.585. The third kappa shape index (κ3) is 5.73. The highest BCUT2D eigenvalue weighted by atomic mass is 79.9. The fourth-order valence-corrected chi connectivity index (χ4v) is 3.50. The maximum Gasteiger partial charge on any atom is 0.147 e. The molecule has 0 saturated carbocycles. The van der Waals surface area contributed by atoms with Gasteiger partial charge < -0.3 is 0 Å². The molecule has 0 aliphatic carbocycles. The van der Waals surface area contributed by atoms with Crippen molar-refractivity contribution in [3.63, 3.8) is 0 Å². The van der Waals surface area contributed by atoms with Crippen molar-refractivity contribution >= 4 is 44.8 Å². The molecular formula is C11H15BrOS2. The molecule has 15 heavy (non-hydrogen) atoms. The Labute approximate surface area is 108 Å². The molecule has 0 fully saturated rings. The Kier molecular flexibility index (Phi) is 5.94. The molecule has 1 aromatic rings. The van der Waals surface area contributed by atoms with Crippen molar-refractivity contribution in [2.24, 2.45) is 5.92 Å². The van der Waals surface area contributed by atoms with Crippen LogP contribution in [0.1, 0.15) is 18.7 Å². The van der Waals surface area contributed by atoms with Crippen LogP contribution < -0.4 is 0 Å². The van der Waals surface area contributed by atoms with E-state index in [1.54, 1.807) is 23.1 Å². The molecule has 0 saturated heterocycles. The molecular weight excluding hydrogens is 292 g/mol. The maximum atomic E-state index is 11.6. The number of hydrogen-bond acceptors (Lipinski definition) is 3. The van der Waals surface area contributed by atoms with Gasteiger partial charge in [0.1, 0.15) is 5.78 Å². The molecule has 1 heterocycles. The molecule has 0 unspecified atom stereocenters. The van der Waals surface area contributed by atoms with Crippen LogP contribution in [-0.4, -0.2) is 17.3 Å². The Morgan fingerprint density at radius 3 is 2.87 bits per heavy atom. The van der Waals surface area contributed by atoms with Gasteiger partial charge in [-0.25, -0.2) is 0 Å². The number of carbonyl (C=O) groups excluding carboxylic acids is 1. The van der Waals surface area contributed by atoms with Crippen LogP contribution in [0.25, 0.3) is 0 Å². The van der Waals surface area contributed by atoms with Gasteiger partial charge in [-0.3, -0.25) is 4.79 Å². The highest BCUT2D eigenvalue weighted by molar-refractivity contribution is 9.10. The molecule has 1 nitrogen and oxygen atoms in total. The van der Waals surface area contributed by atoms with Crippen molar-refractivity contribution < 1.29 is 4.79 Å². The van der Waals surface area contributed by atoms with Crippen LogP contribution in [0.2, 0.25) is 0 Å². The van der Waals surface area contributed by atoms with Crippen LogP contribution >= 0.6 is 39.0 Å².